The Balaban J connectivity index is 2.17. The molecule has 5 heteroatoms. The second-order valence-electron chi connectivity index (χ2n) is 4.20. The Bertz CT molecular complexity index is 742. The van der Waals surface area contributed by atoms with Crippen LogP contribution in [0, 0.1) is 0 Å². The molecule has 0 fully saturated rings. The number of thiophene rings is 1. The summed E-state index contributed by atoms with van der Waals surface area (Å²) in [4.78, 5) is 4.07. The zero-order chi connectivity index (χ0) is 13.9. The topological polar surface area (TPSA) is 31.4 Å². The highest BCUT2D eigenvalue weighted by molar-refractivity contribution is 7.17. The minimum atomic E-state index is 0.177. The molecule has 0 saturated heterocycles. The number of halogens is 1. The lowest BCUT2D eigenvalue weighted by Gasteiger charge is -2.11. The van der Waals surface area contributed by atoms with Crippen LogP contribution in [-0.2, 0) is 4.74 Å². The summed E-state index contributed by atoms with van der Waals surface area (Å²) in [6, 6.07) is 10.1. The van der Waals surface area contributed by atoms with Crippen LogP contribution in [0.3, 0.4) is 0 Å². The molecule has 0 amide bonds. The molecule has 0 aliphatic carbocycles. The Kier molecular flexibility index (Phi) is 3.87. The van der Waals surface area contributed by atoms with Crippen molar-refractivity contribution in [3.05, 3.63) is 47.1 Å². The number of nitrogens with zero attached hydrogens (tertiary/aromatic N) is 1. The molecule has 0 atom stereocenters. The average Bonchev–Trinajstić information content (AvgIpc) is 2.94. The number of aromatic nitrogens is 1. The third-order valence-corrected chi connectivity index (χ3v) is 4.11. The number of fused-ring (bicyclic) bond motifs is 1. The third kappa shape index (κ3) is 2.50. The number of ether oxygens (including phenoxy) is 2. The van der Waals surface area contributed by atoms with Gasteiger partial charge in [0.05, 0.1) is 6.20 Å². The molecule has 0 saturated carbocycles. The van der Waals surface area contributed by atoms with E-state index in [1.807, 2.05) is 12.1 Å². The minimum absolute atomic E-state index is 0.177. The van der Waals surface area contributed by atoms with Gasteiger partial charge in [0, 0.05) is 22.9 Å². The van der Waals surface area contributed by atoms with E-state index in [4.69, 9.17) is 21.1 Å². The van der Waals surface area contributed by atoms with Crippen molar-refractivity contribution in [2.45, 2.75) is 0 Å². The van der Waals surface area contributed by atoms with Crippen LogP contribution in [0.25, 0.3) is 21.2 Å². The van der Waals surface area contributed by atoms with E-state index in [0.29, 0.717) is 10.9 Å². The molecule has 0 unspecified atom stereocenters. The molecule has 0 aliphatic heterocycles. The molecule has 0 bridgehead atoms. The zero-order valence-corrected chi connectivity index (χ0v) is 12.4. The number of hydrogen-bond acceptors (Lipinski definition) is 4. The van der Waals surface area contributed by atoms with E-state index in [1.165, 1.54) is 10.1 Å². The van der Waals surface area contributed by atoms with Crippen molar-refractivity contribution in [1.29, 1.82) is 0 Å². The molecule has 2 heterocycles. The molecule has 3 rings (SSSR count). The lowest BCUT2D eigenvalue weighted by Crippen LogP contribution is -2.01. The van der Waals surface area contributed by atoms with Crippen LogP contribution in [0.15, 0.2) is 41.9 Å². The highest BCUT2D eigenvalue weighted by Gasteiger charge is 2.12. The van der Waals surface area contributed by atoms with Crippen molar-refractivity contribution in [2.75, 3.05) is 13.9 Å². The standard InChI is InChI=1S/C15H12ClNO2S/c1-18-9-19-13-8-17-14(16)7-12(13)11-4-2-3-10-5-6-20-15(10)11/h2-8H,9H2,1H3. The largest absolute Gasteiger partial charge is 0.465 e. The van der Waals surface area contributed by atoms with Gasteiger partial charge in [-0.05, 0) is 22.9 Å². The zero-order valence-electron chi connectivity index (χ0n) is 10.8. The maximum atomic E-state index is 6.03. The molecule has 0 radical (unpaired) electrons. The molecule has 1 aromatic carbocycles. The van der Waals surface area contributed by atoms with Crippen molar-refractivity contribution in [3.8, 4) is 16.9 Å². The van der Waals surface area contributed by atoms with E-state index >= 15 is 0 Å². The van der Waals surface area contributed by atoms with Crippen LogP contribution in [-0.4, -0.2) is 18.9 Å². The van der Waals surface area contributed by atoms with Gasteiger partial charge in [0.25, 0.3) is 0 Å². The first-order valence-electron chi connectivity index (χ1n) is 6.03. The second-order valence-corrected chi connectivity index (χ2v) is 5.50. The van der Waals surface area contributed by atoms with Gasteiger partial charge < -0.3 is 9.47 Å². The number of rotatable bonds is 4. The number of benzene rings is 1. The Morgan fingerprint density at radius 3 is 3.00 bits per heavy atom. The number of hydrogen-bond donors (Lipinski definition) is 0. The van der Waals surface area contributed by atoms with Crippen LogP contribution in [0.1, 0.15) is 0 Å². The first-order chi connectivity index (χ1) is 9.79. The van der Waals surface area contributed by atoms with E-state index in [-0.39, 0.29) is 6.79 Å². The normalized spacial score (nSPS) is 10.9. The van der Waals surface area contributed by atoms with Crippen molar-refractivity contribution >= 4 is 33.0 Å². The lowest BCUT2D eigenvalue weighted by atomic mass is 10.0. The first-order valence-corrected chi connectivity index (χ1v) is 7.29. The third-order valence-electron chi connectivity index (χ3n) is 2.94. The van der Waals surface area contributed by atoms with Gasteiger partial charge in [0.1, 0.15) is 10.9 Å². The van der Waals surface area contributed by atoms with Gasteiger partial charge >= 0.3 is 0 Å². The number of pyridine rings is 1. The van der Waals surface area contributed by atoms with Crippen LogP contribution in [0.2, 0.25) is 5.15 Å². The second kappa shape index (κ2) is 5.79. The maximum absolute atomic E-state index is 6.03. The fourth-order valence-electron chi connectivity index (χ4n) is 2.07. The monoisotopic (exact) mass is 305 g/mol. The summed E-state index contributed by atoms with van der Waals surface area (Å²) in [5.74, 6) is 0.664. The fourth-order valence-corrected chi connectivity index (χ4v) is 3.16. The summed E-state index contributed by atoms with van der Waals surface area (Å²) in [5, 5.41) is 3.73. The highest BCUT2D eigenvalue weighted by Crippen LogP contribution is 2.38. The quantitative estimate of drug-likeness (QED) is 0.521. The predicted octanol–water partition coefficient (Wildman–Crippen LogP) is 4.60. The van der Waals surface area contributed by atoms with Gasteiger partial charge in [0.2, 0.25) is 0 Å². The predicted molar refractivity (Wildman–Crippen MR) is 82.6 cm³/mol. The van der Waals surface area contributed by atoms with E-state index < -0.39 is 0 Å². The molecule has 102 valence electrons. The minimum Gasteiger partial charge on any atom is -0.465 e. The number of methoxy groups -OCH3 is 1. The molecule has 2 aromatic heterocycles. The van der Waals surface area contributed by atoms with Crippen molar-refractivity contribution < 1.29 is 9.47 Å². The van der Waals surface area contributed by atoms with Gasteiger partial charge in [-0.15, -0.1) is 11.3 Å². The van der Waals surface area contributed by atoms with Crippen molar-refractivity contribution in [2.24, 2.45) is 0 Å². The van der Waals surface area contributed by atoms with Crippen LogP contribution < -0.4 is 4.74 Å². The van der Waals surface area contributed by atoms with Gasteiger partial charge in [-0.25, -0.2) is 4.98 Å². The molecule has 3 aromatic rings. The smallest absolute Gasteiger partial charge is 0.188 e. The lowest BCUT2D eigenvalue weighted by molar-refractivity contribution is 0.0513. The average molecular weight is 306 g/mol. The summed E-state index contributed by atoms with van der Waals surface area (Å²) >= 11 is 7.73. The SMILES string of the molecule is COCOc1cnc(Cl)cc1-c1cccc2ccsc12. The molecule has 20 heavy (non-hydrogen) atoms. The Hall–Kier alpha value is -1.62. The Morgan fingerprint density at radius 2 is 2.15 bits per heavy atom. The molecule has 0 spiro atoms. The van der Waals surface area contributed by atoms with Gasteiger partial charge in [-0.2, -0.15) is 0 Å². The van der Waals surface area contributed by atoms with Gasteiger partial charge in [0.15, 0.2) is 6.79 Å². The molecule has 0 aliphatic rings. The van der Waals surface area contributed by atoms with Crippen LogP contribution >= 0.6 is 22.9 Å². The maximum Gasteiger partial charge on any atom is 0.188 e. The summed E-state index contributed by atoms with van der Waals surface area (Å²) < 4.78 is 11.7. The molecule has 3 nitrogen and oxygen atoms in total. The van der Waals surface area contributed by atoms with E-state index in [0.717, 1.165) is 11.1 Å². The van der Waals surface area contributed by atoms with Gasteiger partial charge in [-0.3, -0.25) is 0 Å². The summed E-state index contributed by atoms with van der Waals surface area (Å²) in [6.07, 6.45) is 1.63. The summed E-state index contributed by atoms with van der Waals surface area (Å²) in [6.45, 7) is 0.177. The van der Waals surface area contributed by atoms with Crippen LogP contribution in [0.4, 0.5) is 0 Å². The van der Waals surface area contributed by atoms with Crippen LogP contribution in [0.5, 0.6) is 5.75 Å². The summed E-state index contributed by atoms with van der Waals surface area (Å²) in [7, 11) is 1.59. The fraction of sp³-hybridized carbons (Fsp3) is 0.133. The van der Waals surface area contributed by atoms with E-state index in [2.05, 4.69) is 28.6 Å². The summed E-state index contributed by atoms with van der Waals surface area (Å²) in [5.41, 5.74) is 2.02. The Morgan fingerprint density at radius 1 is 1.25 bits per heavy atom. The van der Waals surface area contributed by atoms with Gasteiger partial charge in [-0.1, -0.05) is 29.8 Å². The van der Waals surface area contributed by atoms with Crippen molar-refractivity contribution in [1.82, 2.24) is 4.98 Å². The molecular formula is C15H12ClNO2S. The highest BCUT2D eigenvalue weighted by atomic mass is 35.5. The van der Waals surface area contributed by atoms with E-state index in [1.54, 1.807) is 24.6 Å². The first kappa shape index (κ1) is 13.4. The van der Waals surface area contributed by atoms with E-state index in [9.17, 15) is 0 Å². The molecular weight excluding hydrogens is 294 g/mol. The molecule has 0 N–H and O–H groups in total. The Labute approximate surface area is 125 Å². The van der Waals surface area contributed by atoms with Crippen molar-refractivity contribution in [3.63, 3.8) is 0 Å².